The van der Waals surface area contributed by atoms with E-state index in [-0.39, 0.29) is 5.56 Å². The molecule has 1 aromatic rings. The maximum atomic E-state index is 13.3. The zero-order valence-corrected chi connectivity index (χ0v) is 12.4. The second-order valence-electron chi connectivity index (χ2n) is 5.77. The SMILES string of the molecule is NCC1CCN(C(=O)CC(c2ccccc2)C(F)(F)F)CC1. The van der Waals surface area contributed by atoms with Crippen LogP contribution < -0.4 is 5.73 Å². The van der Waals surface area contributed by atoms with Crippen molar-refractivity contribution in [2.45, 2.75) is 31.4 Å². The number of amides is 1. The minimum atomic E-state index is -4.42. The molecule has 1 saturated heterocycles. The van der Waals surface area contributed by atoms with Crippen molar-refractivity contribution < 1.29 is 18.0 Å². The summed E-state index contributed by atoms with van der Waals surface area (Å²) in [5, 5.41) is 0. The predicted octanol–water partition coefficient (Wildman–Crippen LogP) is 2.92. The van der Waals surface area contributed by atoms with E-state index in [9.17, 15) is 18.0 Å². The van der Waals surface area contributed by atoms with Gasteiger partial charge in [-0.2, -0.15) is 13.2 Å². The molecule has 0 aromatic heterocycles. The van der Waals surface area contributed by atoms with E-state index in [1.807, 2.05) is 0 Å². The zero-order chi connectivity index (χ0) is 16.2. The van der Waals surface area contributed by atoms with Gasteiger partial charge < -0.3 is 10.6 Å². The Morgan fingerprint density at radius 3 is 2.32 bits per heavy atom. The van der Waals surface area contributed by atoms with E-state index in [1.165, 1.54) is 17.0 Å². The Kier molecular flexibility index (Phi) is 5.45. The summed E-state index contributed by atoms with van der Waals surface area (Å²) in [4.78, 5) is 13.8. The van der Waals surface area contributed by atoms with Crippen LogP contribution in [0.15, 0.2) is 30.3 Å². The number of carbonyl (C=O) groups excluding carboxylic acids is 1. The van der Waals surface area contributed by atoms with Crippen molar-refractivity contribution in [3.05, 3.63) is 35.9 Å². The number of halogens is 3. The lowest BCUT2D eigenvalue weighted by Crippen LogP contribution is -2.41. The van der Waals surface area contributed by atoms with Crippen LogP contribution in [0.1, 0.15) is 30.7 Å². The molecule has 0 saturated carbocycles. The van der Waals surface area contributed by atoms with Crippen LogP contribution in [-0.2, 0) is 4.79 Å². The van der Waals surface area contributed by atoms with Crippen molar-refractivity contribution in [3.63, 3.8) is 0 Å². The third-order valence-electron chi connectivity index (χ3n) is 4.28. The van der Waals surface area contributed by atoms with Gasteiger partial charge in [-0.1, -0.05) is 30.3 Å². The number of nitrogens with two attached hydrogens (primary N) is 1. The first-order valence-electron chi connectivity index (χ1n) is 7.51. The van der Waals surface area contributed by atoms with Crippen molar-refractivity contribution in [3.8, 4) is 0 Å². The Hall–Kier alpha value is -1.56. The molecule has 1 aliphatic rings. The number of hydrogen-bond acceptors (Lipinski definition) is 2. The molecule has 1 atom stereocenters. The number of nitrogens with zero attached hydrogens (tertiary/aromatic N) is 1. The topological polar surface area (TPSA) is 46.3 Å². The minimum absolute atomic E-state index is 0.139. The number of rotatable bonds is 4. The monoisotopic (exact) mass is 314 g/mol. The van der Waals surface area contributed by atoms with Gasteiger partial charge in [0.05, 0.1) is 5.92 Å². The lowest BCUT2D eigenvalue weighted by molar-refractivity contribution is -0.161. The predicted molar refractivity (Wildman–Crippen MR) is 78.2 cm³/mol. The highest BCUT2D eigenvalue weighted by Crippen LogP contribution is 2.38. The molecule has 0 bridgehead atoms. The summed E-state index contributed by atoms with van der Waals surface area (Å²) < 4.78 is 39.8. The average Bonchev–Trinajstić information content (AvgIpc) is 2.52. The molecule has 1 aromatic carbocycles. The standard InChI is InChI=1S/C16H21F3N2O/c17-16(18,19)14(13-4-2-1-3-5-13)10-15(22)21-8-6-12(11-20)7-9-21/h1-5,12,14H,6-11,20H2. The Morgan fingerprint density at radius 2 is 1.82 bits per heavy atom. The van der Waals surface area contributed by atoms with Crippen LogP contribution in [0.3, 0.4) is 0 Å². The highest BCUT2D eigenvalue weighted by atomic mass is 19.4. The number of benzene rings is 1. The van der Waals surface area contributed by atoms with Gasteiger partial charge in [0.25, 0.3) is 0 Å². The fourth-order valence-electron chi connectivity index (χ4n) is 2.83. The summed E-state index contributed by atoms with van der Waals surface area (Å²) >= 11 is 0. The van der Waals surface area contributed by atoms with Crippen molar-refractivity contribution in [2.24, 2.45) is 11.7 Å². The Bertz CT molecular complexity index is 482. The average molecular weight is 314 g/mol. The van der Waals surface area contributed by atoms with Gasteiger partial charge in [0.15, 0.2) is 0 Å². The first kappa shape index (κ1) is 16.8. The molecule has 122 valence electrons. The molecule has 1 unspecified atom stereocenters. The van der Waals surface area contributed by atoms with Crippen molar-refractivity contribution in [2.75, 3.05) is 19.6 Å². The fraction of sp³-hybridized carbons (Fsp3) is 0.562. The van der Waals surface area contributed by atoms with Crippen molar-refractivity contribution >= 4 is 5.91 Å². The van der Waals surface area contributed by atoms with E-state index in [0.29, 0.717) is 25.6 Å². The van der Waals surface area contributed by atoms with E-state index in [4.69, 9.17) is 5.73 Å². The normalized spacial score (nSPS) is 18.3. The fourth-order valence-corrected chi connectivity index (χ4v) is 2.83. The van der Waals surface area contributed by atoms with E-state index in [2.05, 4.69) is 0 Å². The Labute approximate surface area is 128 Å². The van der Waals surface area contributed by atoms with Gasteiger partial charge in [0, 0.05) is 19.5 Å². The maximum Gasteiger partial charge on any atom is 0.396 e. The molecular weight excluding hydrogens is 293 g/mol. The molecule has 1 fully saturated rings. The number of alkyl halides is 3. The van der Waals surface area contributed by atoms with Gasteiger partial charge in [-0.25, -0.2) is 0 Å². The molecule has 22 heavy (non-hydrogen) atoms. The van der Waals surface area contributed by atoms with Crippen LogP contribution in [0.2, 0.25) is 0 Å². The van der Waals surface area contributed by atoms with Crippen molar-refractivity contribution in [1.29, 1.82) is 0 Å². The highest BCUT2D eigenvalue weighted by molar-refractivity contribution is 5.77. The molecule has 2 N–H and O–H groups in total. The summed E-state index contributed by atoms with van der Waals surface area (Å²) in [7, 11) is 0. The third-order valence-corrected chi connectivity index (χ3v) is 4.28. The molecule has 2 rings (SSSR count). The minimum Gasteiger partial charge on any atom is -0.343 e. The second-order valence-corrected chi connectivity index (χ2v) is 5.77. The molecule has 0 aliphatic carbocycles. The van der Waals surface area contributed by atoms with Gasteiger partial charge >= 0.3 is 6.18 Å². The van der Waals surface area contributed by atoms with Crippen LogP contribution in [0.4, 0.5) is 13.2 Å². The van der Waals surface area contributed by atoms with Gasteiger partial charge in [0.1, 0.15) is 0 Å². The largest absolute Gasteiger partial charge is 0.396 e. The number of carbonyl (C=O) groups is 1. The second kappa shape index (κ2) is 7.13. The summed E-state index contributed by atoms with van der Waals surface area (Å²) in [5.41, 5.74) is 5.73. The molecule has 0 spiro atoms. The number of hydrogen-bond donors (Lipinski definition) is 1. The van der Waals surface area contributed by atoms with E-state index in [0.717, 1.165) is 12.8 Å². The summed E-state index contributed by atoms with van der Waals surface area (Å²) in [6, 6.07) is 7.63. The maximum absolute atomic E-state index is 13.3. The molecule has 6 heteroatoms. The number of piperidine rings is 1. The molecule has 1 aliphatic heterocycles. The lowest BCUT2D eigenvalue weighted by atomic mass is 9.93. The van der Waals surface area contributed by atoms with Gasteiger partial charge in [-0.05, 0) is 30.9 Å². The summed E-state index contributed by atoms with van der Waals surface area (Å²) in [6.45, 7) is 1.57. The van der Waals surface area contributed by atoms with Crippen LogP contribution >= 0.6 is 0 Å². The van der Waals surface area contributed by atoms with Gasteiger partial charge in [-0.3, -0.25) is 4.79 Å². The molecule has 1 heterocycles. The first-order chi connectivity index (χ1) is 10.4. The molecular formula is C16H21F3N2O. The lowest BCUT2D eigenvalue weighted by Gasteiger charge is -2.32. The van der Waals surface area contributed by atoms with Crippen molar-refractivity contribution in [1.82, 2.24) is 4.90 Å². The third kappa shape index (κ3) is 4.22. The Morgan fingerprint density at radius 1 is 1.23 bits per heavy atom. The summed E-state index contributed by atoms with van der Waals surface area (Å²) in [6.07, 6.45) is -3.41. The van der Waals surface area contributed by atoms with Crippen LogP contribution in [0.5, 0.6) is 0 Å². The number of likely N-dealkylation sites (tertiary alicyclic amines) is 1. The first-order valence-corrected chi connectivity index (χ1v) is 7.51. The van der Waals surface area contributed by atoms with E-state index >= 15 is 0 Å². The van der Waals surface area contributed by atoms with Crippen LogP contribution in [0.25, 0.3) is 0 Å². The molecule has 3 nitrogen and oxygen atoms in total. The highest BCUT2D eigenvalue weighted by Gasteiger charge is 2.42. The zero-order valence-electron chi connectivity index (χ0n) is 12.4. The van der Waals surface area contributed by atoms with E-state index < -0.39 is 24.4 Å². The van der Waals surface area contributed by atoms with Gasteiger partial charge in [0.2, 0.25) is 5.91 Å². The quantitative estimate of drug-likeness (QED) is 0.929. The van der Waals surface area contributed by atoms with Crippen LogP contribution in [0, 0.1) is 5.92 Å². The molecule has 0 radical (unpaired) electrons. The Balaban J connectivity index is 2.04. The smallest absolute Gasteiger partial charge is 0.343 e. The van der Waals surface area contributed by atoms with Gasteiger partial charge in [-0.15, -0.1) is 0 Å². The molecule has 1 amide bonds. The van der Waals surface area contributed by atoms with E-state index in [1.54, 1.807) is 18.2 Å². The van der Waals surface area contributed by atoms with Crippen LogP contribution in [-0.4, -0.2) is 36.6 Å². The summed E-state index contributed by atoms with van der Waals surface area (Å²) in [5.74, 6) is -1.80.